The average Bonchev–Trinajstić information content (AvgIpc) is 2.32. The highest BCUT2D eigenvalue weighted by Crippen LogP contribution is 2.22. The van der Waals surface area contributed by atoms with Crippen molar-refractivity contribution < 1.29 is 14.3 Å². The lowest BCUT2D eigenvalue weighted by molar-refractivity contribution is 0.0696. The maximum absolute atomic E-state index is 13.6. The molecule has 2 rings (SSSR count). The van der Waals surface area contributed by atoms with Crippen molar-refractivity contribution in [1.29, 1.82) is 0 Å². The van der Waals surface area contributed by atoms with Crippen LogP contribution >= 0.6 is 11.6 Å². The van der Waals surface area contributed by atoms with E-state index in [-0.39, 0.29) is 22.1 Å². The van der Waals surface area contributed by atoms with Gasteiger partial charge in [-0.3, -0.25) is 0 Å². The summed E-state index contributed by atoms with van der Waals surface area (Å²) in [7, 11) is 0. The number of hydrogen-bond donors (Lipinski definition) is 2. The van der Waals surface area contributed by atoms with Gasteiger partial charge in [0.05, 0.1) is 11.3 Å². The maximum atomic E-state index is 13.6. The summed E-state index contributed by atoms with van der Waals surface area (Å²) in [6, 6.07) is 6.93. The number of anilines is 2. The van der Waals surface area contributed by atoms with Crippen molar-refractivity contribution in [2.24, 2.45) is 0 Å². The Bertz CT molecular complexity index is 647. The summed E-state index contributed by atoms with van der Waals surface area (Å²) in [5, 5.41) is 12.0. The monoisotopic (exact) mass is 280 g/mol. The topological polar surface area (TPSA) is 62.2 Å². The van der Waals surface area contributed by atoms with Gasteiger partial charge in [0.2, 0.25) is 0 Å². The molecular formula is C13H10ClFN2O2. The van der Waals surface area contributed by atoms with Gasteiger partial charge >= 0.3 is 5.97 Å². The molecule has 0 aliphatic carbocycles. The fourth-order valence-corrected chi connectivity index (χ4v) is 1.74. The van der Waals surface area contributed by atoms with E-state index in [1.807, 2.05) is 0 Å². The lowest BCUT2D eigenvalue weighted by Gasteiger charge is -2.08. The van der Waals surface area contributed by atoms with Gasteiger partial charge in [0, 0.05) is 10.7 Å². The molecule has 19 heavy (non-hydrogen) atoms. The fourth-order valence-electron chi connectivity index (χ4n) is 1.58. The first-order chi connectivity index (χ1) is 8.95. The molecule has 0 fully saturated rings. The molecule has 0 radical (unpaired) electrons. The molecule has 4 nitrogen and oxygen atoms in total. The number of aromatic carboxylic acids is 1. The van der Waals surface area contributed by atoms with Gasteiger partial charge in [-0.05, 0) is 37.3 Å². The molecule has 0 atom stereocenters. The minimum atomic E-state index is -1.06. The van der Waals surface area contributed by atoms with Gasteiger partial charge < -0.3 is 10.4 Å². The second-order valence-corrected chi connectivity index (χ2v) is 4.37. The Kier molecular flexibility index (Phi) is 3.66. The molecule has 2 aromatic rings. The molecule has 0 saturated carbocycles. The Morgan fingerprint density at radius 1 is 1.37 bits per heavy atom. The molecule has 0 aliphatic rings. The number of nitrogens with zero attached hydrogens (tertiary/aromatic N) is 1. The molecule has 1 heterocycles. The van der Waals surface area contributed by atoms with E-state index in [1.165, 1.54) is 24.3 Å². The smallest absolute Gasteiger partial charge is 0.335 e. The van der Waals surface area contributed by atoms with Crippen LogP contribution < -0.4 is 5.32 Å². The van der Waals surface area contributed by atoms with E-state index in [0.29, 0.717) is 5.69 Å². The number of pyridine rings is 1. The normalized spacial score (nSPS) is 10.3. The Balaban J connectivity index is 2.35. The zero-order valence-electron chi connectivity index (χ0n) is 9.95. The van der Waals surface area contributed by atoms with Gasteiger partial charge in [-0.15, -0.1) is 0 Å². The van der Waals surface area contributed by atoms with Crippen LogP contribution in [0, 0.1) is 12.7 Å². The number of rotatable bonds is 3. The Morgan fingerprint density at radius 2 is 2.11 bits per heavy atom. The van der Waals surface area contributed by atoms with Crippen molar-refractivity contribution in [2.75, 3.05) is 5.32 Å². The van der Waals surface area contributed by atoms with E-state index in [1.54, 1.807) is 6.92 Å². The van der Waals surface area contributed by atoms with Gasteiger partial charge in [0.15, 0.2) is 0 Å². The number of halogens is 2. The zero-order chi connectivity index (χ0) is 14.0. The number of nitrogens with one attached hydrogen (secondary N) is 1. The third kappa shape index (κ3) is 3.20. The molecule has 0 unspecified atom stereocenters. The van der Waals surface area contributed by atoms with E-state index in [0.717, 1.165) is 6.07 Å². The highest BCUT2D eigenvalue weighted by atomic mass is 35.5. The standard InChI is InChI=1S/C13H10ClFN2O2/c1-7-4-8(13(18)19)5-12(16-7)17-11-3-2-9(14)6-10(11)15/h2-6H,1H3,(H,16,17)(H,18,19). The summed E-state index contributed by atoms with van der Waals surface area (Å²) >= 11 is 5.65. The zero-order valence-corrected chi connectivity index (χ0v) is 10.7. The fraction of sp³-hybridized carbons (Fsp3) is 0.0769. The maximum Gasteiger partial charge on any atom is 0.335 e. The van der Waals surface area contributed by atoms with Crippen LogP contribution in [0.2, 0.25) is 5.02 Å². The van der Waals surface area contributed by atoms with Crippen LogP contribution in [0.5, 0.6) is 0 Å². The Labute approximate surface area is 113 Å². The number of aromatic nitrogens is 1. The molecule has 1 aromatic heterocycles. The van der Waals surface area contributed by atoms with Crippen LogP contribution in [-0.4, -0.2) is 16.1 Å². The van der Waals surface area contributed by atoms with E-state index in [2.05, 4.69) is 10.3 Å². The number of carbonyl (C=O) groups is 1. The van der Waals surface area contributed by atoms with E-state index < -0.39 is 11.8 Å². The molecule has 0 spiro atoms. The highest BCUT2D eigenvalue weighted by Gasteiger charge is 2.09. The largest absolute Gasteiger partial charge is 0.478 e. The molecule has 6 heteroatoms. The third-order valence-electron chi connectivity index (χ3n) is 2.39. The molecule has 0 aliphatic heterocycles. The van der Waals surface area contributed by atoms with Crippen molar-refractivity contribution in [2.45, 2.75) is 6.92 Å². The van der Waals surface area contributed by atoms with Crippen molar-refractivity contribution in [3.05, 3.63) is 52.4 Å². The second kappa shape index (κ2) is 5.24. The van der Waals surface area contributed by atoms with Crippen LogP contribution in [0.3, 0.4) is 0 Å². The van der Waals surface area contributed by atoms with Gasteiger partial charge in [-0.25, -0.2) is 14.2 Å². The quantitative estimate of drug-likeness (QED) is 0.901. The van der Waals surface area contributed by atoms with E-state index in [9.17, 15) is 9.18 Å². The minimum Gasteiger partial charge on any atom is -0.478 e. The van der Waals surface area contributed by atoms with Gasteiger partial charge in [0.25, 0.3) is 0 Å². The van der Waals surface area contributed by atoms with Crippen LogP contribution in [0.1, 0.15) is 16.1 Å². The summed E-state index contributed by atoms with van der Waals surface area (Å²) in [6.45, 7) is 1.66. The lowest BCUT2D eigenvalue weighted by atomic mass is 10.2. The number of aryl methyl sites for hydroxylation is 1. The summed E-state index contributed by atoms with van der Waals surface area (Å²) in [4.78, 5) is 15.0. The molecule has 0 bridgehead atoms. The summed E-state index contributed by atoms with van der Waals surface area (Å²) in [5.74, 6) is -1.34. The first-order valence-electron chi connectivity index (χ1n) is 5.40. The highest BCUT2D eigenvalue weighted by molar-refractivity contribution is 6.30. The molecule has 0 saturated heterocycles. The number of hydrogen-bond acceptors (Lipinski definition) is 3. The van der Waals surface area contributed by atoms with Gasteiger partial charge in [0.1, 0.15) is 11.6 Å². The van der Waals surface area contributed by atoms with Crippen molar-refractivity contribution in [3.8, 4) is 0 Å². The van der Waals surface area contributed by atoms with Crippen molar-refractivity contribution in [3.63, 3.8) is 0 Å². The minimum absolute atomic E-state index is 0.0874. The predicted molar refractivity (Wildman–Crippen MR) is 70.6 cm³/mol. The number of carboxylic acids is 1. The number of benzene rings is 1. The number of carboxylic acid groups (broad SMARTS) is 1. The molecule has 1 aromatic carbocycles. The van der Waals surface area contributed by atoms with Crippen LogP contribution in [0.4, 0.5) is 15.9 Å². The second-order valence-electron chi connectivity index (χ2n) is 3.94. The molecular weight excluding hydrogens is 271 g/mol. The van der Waals surface area contributed by atoms with Gasteiger partial charge in [-0.1, -0.05) is 11.6 Å². The van der Waals surface area contributed by atoms with E-state index >= 15 is 0 Å². The molecule has 2 N–H and O–H groups in total. The summed E-state index contributed by atoms with van der Waals surface area (Å²) in [6.07, 6.45) is 0. The molecule has 0 amide bonds. The van der Waals surface area contributed by atoms with E-state index in [4.69, 9.17) is 16.7 Å². The third-order valence-corrected chi connectivity index (χ3v) is 2.63. The van der Waals surface area contributed by atoms with Gasteiger partial charge in [-0.2, -0.15) is 0 Å². The van der Waals surface area contributed by atoms with Crippen LogP contribution in [0.15, 0.2) is 30.3 Å². The Hall–Kier alpha value is -2.14. The van der Waals surface area contributed by atoms with Crippen LogP contribution in [0.25, 0.3) is 0 Å². The summed E-state index contributed by atoms with van der Waals surface area (Å²) in [5.41, 5.74) is 0.792. The SMILES string of the molecule is Cc1cc(C(=O)O)cc(Nc2ccc(Cl)cc2F)n1. The first kappa shape index (κ1) is 13.3. The summed E-state index contributed by atoms with van der Waals surface area (Å²) < 4.78 is 13.6. The van der Waals surface area contributed by atoms with Crippen molar-refractivity contribution in [1.82, 2.24) is 4.98 Å². The van der Waals surface area contributed by atoms with Crippen LogP contribution in [-0.2, 0) is 0 Å². The van der Waals surface area contributed by atoms with Crippen molar-refractivity contribution >= 4 is 29.1 Å². The lowest BCUT2D eigenvalue weighted by Crippen LogP contribution is -2.02. The average molecular weight is 281 g/mol. The first-order valence-corrected chi connectivity index (χ1v) is 5.77. The molecule has 98 valence electrons. The predicted octanol–water partition coefficient (Wildman–Crippen LogP) is 3.62. The Morgan fingerprint density at radius 3 is 2.74 bits per heavy atom.